The van der Waals surface area contributed by atoms with Crippen LogP contribution >= 0.6 is 11.3 Å². The van der Waals surface area contributed by atoms with Gasteiger partial charge in [-0.15, -0.1) is 11.3 Å². The van der Waals surface area contributed by atoms with Gasteiger partial charge < -0.3 is 9.80 Å². The SMILES string of the molecule is O=C(c1cncnc1)N1CCN(c2nccs2)CC1. The lowest BCUT2D eigenvalue weighted by Gasteiger charge is -2.34. The second-order valence-electron chi connectivity index (χ2n) is 4.22. The normalized spacial score (nSPS) is 15.6. The molecule has 1 aliphatic heterocycles. The summed E-state index contributed by atoms with van der Waals surface area (Å²) in [5, 5.41) is 2.99. The van der Waals surface area contributed by atoms with Crippen molar-refractivity contribution in [2.45, 2.75) is 0 Å². The van der Waals surface area contributed by atoms with E-state index in [1.165, 1.54) is 6.33 Å². The van der Waals surface area contributed by atoms with E-state index >= 15 is 0 Å². The van der Waals surface area contributed by atoms with Gasteiger partial charge in [0, 0.05) is 50.1 Å². The van der Waals surface area contributed by atoms with Gasteiger partial charge in [0.05, 0.1) is 5.56 Å². The van der Waals surface area contributed by atoms with Crippen LogP contribution < -0.4 is 4.90 Å². The van der Waals surface area contributed by atoms with Gasteiger partial charge in [0.2, 0.25) is 0 Å². The van der Waals surface area contributed by atoms with Crippen molar-refractivity contribution in [3.05, 3.63) is 35.9 Å². The van der Waals surface area contributed by atoms with Gasteiger partial charge in [-0.3, -0.25) is 4.79 Å². The zero-order valence-corrected chi connectivity index (χ0v) is 11.1. The Hall–Kier alpha value is -2.02. The molecular formula is C12H13N5OS. The zero-order chi connectivity index (χ0) is 13.1. The predicted molar refractivity (Wildman–Crippen MR) is 72.3 cm³/mol. The topological polar surface area (TPSA) is 62.2 Å². The highest BCUT2D eigenvalue weighted by Crippen LogP contribution is 2.19. The largest absolute Gasteiger partial charge is 0.345 e. The summed E-state index contributed by atoms with van der Waals surface area (Å²) in [6.45, 7) is 3.03. The lowest BCUT2D eigenvalue weighted by Crippen LogP contribution is -2.48. The van der Waals surface area contributed by atoms with Gasteiger partial charge in [0.15, 0.2) is 5.13 Å². The molecule has 0 saturated carbocycles. The molecule has 1 saturated heterocycles. The summed E-state index contributed by atoms with van der Waals surface area (Å²) in [6, 6.07) is 0. The summed E-state index contributed by atoms with van der Waals surface area (Å²) in [5.74, 6) is -0.000566. The molecule has 19 heavy (non-hydrogen) atoms. The first-order valence-electron chi connectivity index (χ1n) is 6.03. The predicted octanol–water partition coefficient (Wildman–Crippen LogP) is 0.895. The number of carbonyl (C=O) groups is 1. The van der Waals surface area contributed by atoms with Gasteiger partial charge in [-0.05, 0) is 0 Å². The van der Waals surface area contributed by atoms with Crippen molar-refractivity contribution in [2.75, 3.05) is 31.1 Å². The lowest BCUT2D eigenvalue weighted by molar-refractivity contribution is 0.0746. The van der Waals surface area contributed by atoms with Crippen molar-refractivity contribution >= 4 is 22.4 Å². The number of amides is 1. The van der Waals surface area contributed by atoms with Gasteiger partial charge in [-0.1, -0.05) is 0 Å². The number of hydrogen-bond donors (Lipinski definition) is 0. The van der Waals surface area contributed by atoms with Crippen LogP contribution in [0.1, 0.15) is 10.4 Å². The summed E-state index contributed by atoms with van der Waals surface area (Å²) in [5.41, 5.74) is 0.546. The van der Waals surface area contributed by atoms with E-state index in [4.69, 9.17) is 0 Å². The Kier molecular flexibility index (Phi) is 3.37. The number of thiazole rings is 1. The van der Waals surface area contributed by atoms with E-state index in [0.29, 0.717) is 18.7 Å². The van der Waals surface area contributed by atoms with Gasteiger partial charge in [0.25, 0.3) is 5.91 Å². The van der Waals surface area contributed by atoms with Crippen molar-refractivity contribution in [2.24, 2.45) is 0 Å². The third-order valence-electron chi connectivity index (χ3n) is 3.06. The summed E-state index contributed by atoms with van der Waals surface area (Å²) >= 11 is 1.63. The Morgan fingerprint density at radius 2 is 1.89 bits per heavy atom. The molecule has 1 amide bonds. The fraction of sp³-hybridized carbons (Fsp3) is 0.333. The number of aromatic nitrogens is 3. The van der Waals surface area contributed by atoms with Crippen molar-refractivity contribution in [3.63, 3.8) is 0 Å². The number of anilines is 1. The Morgan fingerprint density at radius 1 is 1.16 bits per heavy atom. The molecule has 0 aromatic carbocycles. The quantitative estimate of drug-likeness (QED) is 0.814. The smallest absolute Gasteiger partial charge is 0.257 e. The maximum atomic E-state index is 12.2. The summed E-state index contributed by atoms with van der Waals surface area (Å²) in [7, 11) is 0. The van der Waals surface area contributed by atoms with E-state index in [0.717, 1.165) is 18.2 Å². The molecule has 1 aliphatic rings. The molecule has 0 N–H and O–H groups in total. The van der Waals surface area contributed by atoms with Crippen molar-refractivity contribution < 1.29 is 4.79 Å². The van der Waals surface area contributed by atoms with Crippen LogP contribution in [0, 0.1) is 0 Å². The maximum absolute atomic E-state index is 12.2. The molecule has 0 aliphatic carbocycles. The summed E-state index contributed by atoms with van der Waals surface area (Å²) < 4.78 is 0. The maximum Gasteiger partial charge on any atom is 0.257 e. The molecule has 7 heteroatoms. The first-order valence-corrected chi connectivity index (χ1v) is 6.91. The highest BCUT2D eigenvalue weighted by Gasteiger charge is 2.23. The van der Waals surface area contributed by atoms with E-state index in [1.807, 2.05) is 10.3 Å². The number of piperazine rings is 1. The second-order valence-corrected chi connectivity index (χ2v) is 5.09. The van der Waals surface area contributed by atoms with Crippen LogP contribution in [0.5, 0.6) is 0 Å². The molecule has 0 unspecified atom stereocenters. The molecule has 6 nitrogen and oxygen atoms in total. The molecule has 3 heterocycles. The monoisotopic (exact) mass is 275 g/mol. The molecule has 0 radical (unpaired) electrons. The van der Waals surface area contributed by atoms with E-state index < -0.39 is 0 Å². The third-order valence-corrected chi connectivity index (χ3v) is 3.90. The minimum Gasteiger partial charge on any atom is -0.345 e. The van der Waals surface area contributed by atoms with Gasteiger partial charge in [0.1, 0.15) is 6.33 Å². The average Bonchev–Trinajstić information content (AvgIpc) is 3.02. The molecular weight excluding hydrogens is 262 g/mol. The van der Waals surface area contributed by atoms with Crippen LogP contribution in [0.3, 0.4) is 0 Å². The molecule has 2 aromatic heterocycles. The first-order chi connectivity index (χ1) is 9.34. The summed E-state index contributed by atoms with van der Waals surface area (Å²) in [6.07, 6.45) is 6.35. The molecule has 2 aromatic rings. The molecule has 0 bridgehead atoms. The molecule has 0 spiro atoms. The van der Waals surface area contributed by atoms with Crippen molar-refractivity contribution in [3.8, 4) is 0 Å². The Bertz CT molecular complexity index is 537. The standard InChI is InChI=1S/C12H13N5OS/c18-11(10-7-13-9-14-8-10)16-2-4-17(5-3-16)12-15-1-6-19-12/h1,6-9H,2-5H2. The lowest BCUT2D eigenvalue weighted by atomic mass is 10.2. The Morgan fingerprint density at radius 3 is 2.53 bits per heavy atom. The van der Waals surface area contributed by atoms with E-state index in [1.54, 1.807) is 29.9 Å². The van der Waals surface area contributed by atoms with Crippen molar-refractivity contribution in [1.82, 2.24) is 19.9 Å². The van der Waals surface area contributed by atoms with Crippen LogP contribution in [0.15, 0.2) is 30.3 Å². The highest BCUT2D eigenvalue weighted by molar-refractivity contribution is 7.13. The van der Waals surface area contributed by atoms with E-state index in [2.05, 4.69) is 19.9 Å². The van der Waals surface area contributed by atoms with Gasteiger partial charge in [-0.2, -0.15) is 0 Å². The molecule has 3 rings (SSSR count). The Balaban J connectivity index is 1.63. The number of nitrogens with zero attached hydrogens (tertiary/aromatic N) is 5. The summed E-state index contributed by atoms with van der Waals surface area (Å²) in [4.78, 5) is 28.3. The fourth-order valence-corrected chi connectivity index (χ4v) is 2.76. The zero-order valence-electron chi connectivity index (χ0n) is 10.3. The molecule has 0 atom stereocenters. The van der Waals surface area contributed by atoms with Gasteiger partial charge >= 0.3 is 0 Å². The van der Waals surface area contributed by atoms with Crippen LogP contribution in [0.2, 0.25) is 0 Å². The number of carbonyl (C=O) groups excluding carboxylic acids is 1. The Labute approximate surface area is 114 Å². The van der Waals surface area contributed by atoms with Crippen molar-refractivity contribution in [1.29, 1.82) is 0 Å². The van der Waals surface area contributed by atoms with Crippen LogP contribution in [-0.4, -0.2) is 51.9 Å². The fourth-order valence-electron chi connectivity index (χ4n) is 2.07. The molecule has 98 valence electrons. The highest BCUT2D eigenvalue weighted by atomic mass is 32.1. The average molecular weight is 275 g/mol. The number of rotatable bonds is 2. The minimum atomic E-state index is -0.000566. The molecule has 1 fully saturated rings. The van der Waals surface area contributed by atoms with Gasteiger partial charge in [-0.25, -0.2) is 15.0 Å². The van der Waals surface area contributed by atoms with Crippen LogP contribution in [-0.2, 0) is 0 Å². The number of hydrogen-bond acceptors (Lipinski definition) is 6. The second kappa shape index (κ2) is 5.31. The van der Waals surface area contributed by atoms with E-state index in [9.17, 15) is 4.79 Å². The first kappa shape index (κ1) is 12.0. The van der Waals surface area contributed by atoms with Crippen LogP contribution in [0.4, 0.5) is 5.13 Å². The van der Waals surface area contributed by atoms with Crippen LogP contribution in [0.25, 0.3) is 0 Å². The minimum absolute atomic E-state index is 0.000566. The third kappa shape index (κ3) is 2.55. The van der Waals surface area contributed by atoms with E-state index in [-0.39, 0.29) is 5.91 Å².